The summed E-state index contributed by atoms with van der Waals surface area (Å²) in [7, 11) is 0. The minimum absolute atomic E-state index is 0.211. The first kappa shape index (κ1) is 15.5. The van der Waals surface area contributed by atoms with E-state index in [4.69, 9.17) is 0 Å². The quantitative estimate of drug-likeness (QED) is 0.768. The van der Waals surface area contributed by atoms with Crippen LogP contribution in [-0.4, -0.2) is 30.1 Å². The topological polar surface area (TPSA) is 78.4 Å². The Balaban J connectivity index is 2.05. The Morgan fingerprint density at radius 3 is 2.67 bits per heavy atom. The van der Waals surface area contributed by atoms with E-state index >= 15 is 0 Å². The molecule has 1 aliphatic rings. The number of piperidine rings is 1. The van der Waals surface area contributed by atoms with E-state index in [0.29, 0.717) is 12.0 Å². The third kappa shape index (κ3) is 3.82. The zero-order valence-electron chi connectivity index (χ0n) is 12.3. The van der Waals surface area contributed by atoms with Crippen LogP contribution in [0.15, 0.2) is 30.3 Å². The van der Waals surface area contributed by atoms with Gasteiger partial charge in [0.05, 0.1) is 0 Å². The predicted octanol–water partition coefficient (Wildman–Crippen LogP) is 1.49. The Labute approximate surface area is 124 Å². The molecule has 0 saturated carbocycles. The van der Waals surface area contributed by atoms with E-state index < -0.39 is 11.5 Å². The molecule has 2 unspecified atom stereocenters. The molecule has 0 spiro atoms. The maximum Gasteiger partial charge on any atom is 0.333 e. The molecule has 2 rings (SSSR count). The van der Waals surface area contributed by atoms with E-state index in [2.05, 4.69) is 10.6 Å². The highest BCUT2D eigenvalue weighted by Gasteiger charge is 2.37. The predicted molar refractivity (Wildman–Crippen MR) is 79.8 cm³/mol. The van der Waals surface area contributed by atoms with Gasteiger partial charge in [0.15, 0.2) is 5.54 Å². The lowest BCUT2D eigenvalue weighted by molar-refractivity contribution is -0.147. The van der Waals surface area contributed by atoms with Gasteiger partial charge in [-0.15, -0.1) is 0 Å². The summed E-state index contributed by atoms with van der Waals surface area (Å²) in [6.45, 7) is 3.35. The average molecular weight is 290 g/mol. The van der Waals surface area contributed by atoms with Crippen LogP contribution in [0.3, 0.4) is 0 Å². The Morgan fingerprint density at radius 2 is 2.10 bits per heavy atom. The summed E-state index contributed by atoms with van der Waals surface area (Å²) in [6.07, 6.45) is 2.44. The first-order chi connectivity index (χ1) is 10.0. The number of amides is 1. The van der Waals surface area contributed by atoms with Crippen molar-refractivity contribution in [3.05, 3.63) is 35.9 Å². The molecule has 2 atom stereocenters. The van der Waals surface area contributed by atoms with Crippen LogP contribution in [0.25, 0.3) is 0 Å². The molecular weight excluding hydrogens is 268 g/mol. The summed E-state index contributed by atoms with van der Waals surface area (Å²) in [5, 5.41) is 15.5. The van der Waals surface area contributed by atoms with Crippen molar-refractivity contribution < 1.29 is 14.7 Å². The van der Waals surface area contributed by atoms with Gasteiger partial charge in [0.1, 0.15) is 0 Å². The van der Waals surface area contributed by atoms with E-state index in [9.17, 15) is 14.7 Å². The number of carbonyl (C=O) groups excluding carboxylic acids is 1. The molecule has 0 aromatic heterocycles. The van der Waals surface area contributed by atoms with Gasteiger partial charge in [-0.2, -0.15) is 0 Å². The van der Waals surface area contributed by atoms with Crippen molar-refractivity contribution in [2.45, 2.75) is 31.7 Å². The minimum Gasteiger partial charge on any atom is -0.479 e. The van der Waals surface area contributed by atoms with Crippen LogP contribution in [0.1, 0.15) is 31.7 Å². The highest BCUT2D eigenvalue weighted by molar-refractivity contribution is 5.87. The van der Waals surface area contributed by atoms with Gasteiger partial charge in [-0.3, -0.25) is 4.79 Å². The number of carboxylic acid groups (broad SMARTS) is 1. The fourth-order valence-electron chi connectivity index (χ4n) is 2.71. The lowest BCUT2D eigenvalue weighted by Gasteiger charge is -2.28. The van der Waals surface area contributed by atoms with Crippen molar-refractivity contribution >= 4 is 11.9 Å². The normalized spacial score (nSPS) is 21.3. The molecule has 0 aliphatic carbocycles. The molecule has 114 valence electrons. The van der Waals surface area contributed by atoms with Gasteiger partial charge in [0.25, 0.3) is 0 Å². The van der Waals surface area contributed by atoms with Gasteiger partial charge in [-0.1, -0.05) is 30.3 Å². The number of nitrogens with one attached hydrogen (secondary N) is 2. The SMILES string of the molecule is CC(NC(=O)CC1CCCNC1)(C(=O)O)c1ccccc1. The van der Waals surface area contributed by atoms with Crippen molar-refractivity contribution in [1.82, 2.24) is 10.6 Å². The van der Waals surface area contributed by atoms with Gasteiger partial charge in [-0.05, 0) is 44.3 Å². The van der Waals surface area contributed by atoms with Gasteiger partial charge in [-0.25, -0.2) is 4.79 Å². The van der Waals surface area contributed by atoms with Crippen LogP contribution < -0.4 is 10.6 Å². The van der Waals surface area contributed by atoms with E-state index in [1.54, 1.807) is 24.3 Å². The smallest absolute Gasteiger partial charge is 0.333 e. The molecule has 1 heterocycles. The van der Waals surface area contributed by atoms with Crippen LogP contribution in [0.2, 0.25) is 0 Å². The average Bonchev–Trinajstić information content (AvgIpc) is 2.48. The van der Waals surface area contributed by atoms with E-state index in [0.717, 1.165) is 25.9 Å². The fourth-order valence-corrected chi connectivity index (χ4v) is 2.71. The summed E-state index contributed by atoms with van der Waals surface area (Å²) in [5.74, 6) is -0.978. The third-order valence-electron chi connectivity index (χ3n) is 4.04. The second kappa shape index (κ2) is 6.72. The number of benzene rings is 1. The van der Waals surface area contributed by atoms with Crippen LogP contribution in [0.4, 0.5) is 0 Å². The van der Waals surface area contributed by atoms with Crippen molar-refractivity contribution in [3.8, 4) is 0 Å². The molecular formula is C16H22N2O3. The van der Waals surface area contributed by atoms with Crippen molar-refractivity contribution in [2.75, 3.05) is 13.1 Å². The summed E-state index contributed by atoms with van der Waals surface area (Å²) >= 11 is 0. The van der Waals surface area contributed by atoms with Gasteiger partial charge in [0.2, 0.25) is 5.91 Å². The van der Waals surface area contributed by atoms with Crippen LogP contribution in [-0.2, 0) is 15.1 Å². The summed E-state index contributed by atoms with van der Waals surface area (Å²) in [6, 6.07) is 8.80. The van der Waals surface area contributed by atoms with Crippen molar-refractivity contribution in [1.29, 1.82) is 0 Å². The fraction of sp³-hybridized carbons (Fsp3) is 0.500. The van der Waals surface area contributed by atoms with Crippen molar-refractivity contribution in [3.63, 3.8) is 0 Å². The molecule has 5 heteroatoms. The number of hydrogen-bond donors (Lipinski definition) is 3. The van der Waals surface area contributed by atoms with Crippen LogP contribution in [0.5, 0.6) is 0 Å². The third-order valence-corrected chi connectivity index (χ3v) is 4.04. The molecule has 1 aliphatic heterocycles. The Hall–Kier alpha value is -1.88. The number of carbonyl (C=O) groups is 2. The second-order valence-corrected chi connectivity index (χ2v) is 5.76. The Kier molecular flexibility index (Phi) is 4.96. The molecule has 1 fully saturated rings. The van der Waals surface area contributed by atoms with Gasteiger partial charge in [0, 0.05) is 6.42 Å². The van der Waals surface area contributed by atoms with Crippen LogP contribution in [0, 0.1) is 5.92 Å². The standard InChI is InChI=1S/C16H22N2O3/c1-16(15(20)21,13-7-3-2-4-8-13)18-14(19)10-12-6-5-9-17-11-12/h2-4,7-8,12,17H,5-6,9-11H2,1H3,(H,18,19)(H,20,21). The first-order valence-electron chi connectivity index (χ1n) is 7.33. The molecule has 5 nitrogen and oxygen atoms in total. The molecule has 1 aromatic rings. The summed E-state index contributed by atoms with van der Waals surface area (Å²) in [5.41, 5.74) is -0.812. The highest BCUT2D eigenvalue weighted by atomic mass is 16.4. The Morgan fingerprint density at radius 1 is 1.38 bits per heavy atom. The molecule has 0 bridgehead atoms. The molecule has 0 radical (unpaired) electrons. The van der Waals surface area contributed by atoms with Crippen molar-refractivity contribution in [2.24, 2.45) is 5.92 Å². The minimum atomic E-state index is -1.39. The molecule has 21 heavy (non-hydrogen) atoms. The number of hydrogen-bond acceptors (Lipinski definition) is 3. The summed E-state index contributed by atoms with van der Waals surface area (Å²) < 4.78 is 0. The zero-order chi connectivity index (χ0) is 15.3. The van der Waals surface area contributed by atoms with Gasteiger partial charge < -0.3 is 15.7 Å². The monoisotopic (exact) mass is 290 g/mol. The maximum absolute atomic E-state index is 12.2. The molecule has 3 N–H and O–H groups in total. The second-order valence-electron chi connectivity index (χ2n) is 5.76. The van der Waals surface area contributed by atoms with E-state index in [1.165, 1.54) is 6.92 Å². The zero-order valence-corrected chi connectivity index (χ0v) is 12.3. The lowest BCUT2D eigenvalue weighted by Crippen LogP contribution is -2.50. The lowest BCUT2D eigenvalue weighted by atomic mass is 9.90. The van der Waals surface area contributed by atoms with Gasteiger partial charge >= 0.3 is 5.97 Å². The largest absolute Gasteiger partial charge is 0.479 e. The van der Waals surface area contributed by atoms with Crippen LogP contribution >= 0.6 is 0 Å². The maximum atomic E-state index is 12.2. The Bertz CT molecular complexity index is 498. The van der Waals surface area contributed by atoms with E-state index in [1.807, 2.05) is 6.07 Å². The summed E-state index contributed by atoms with van der Waals surface area (Å²) in [4.78, 5) is 23.8. The molecule has 1 aromatic carbocycles. The first-order valence-corrected chi connectivity index (χ1v) is 7.33. The number of carboxylic acids is 1. The van der Waals surface area contributed by atoms with E-state index in [-0.39, 0.29) is 11.8 Å². The molecule has 1 amide bonds. The highest BCUT2D eigenvalue weighted by Crippen LogP contribution is 2.22. The number of aliphatic carboxylic acids is 1. The molecule has 1 saturated heterocycles. The number of rotatable bonds is 5.